The zero-order valence-electron chi connectivity index (χ0n) is 36.5. The van der Waals surface area contributed by atoms with Gasteiger partial charge in [0.25, 0.3) is 0 Å². The third-order valence-electron chi connectivity index (χ3n) is 11.3. The molecular formula is C50H74Si. The average Bonchev–Trinajstić information content (AvgIpc) is 3.43. The van der Waals surface area contributed by atoms with E-state index in [-0.39, 0.29) is 32.5 Å². The maximum atomic E-state index is 2.66. The number of allylic oxidation sites excluding steroid dienone is 4. The van der Waals surface area contributed by atoms with Gasteiger partial charge in [-0.05, 0) is 94.3 Å². The van der Waals surface area contributed by atoms with Crippen molar-refractivity contribution in [3.8, 4) is 0 Å². The lowest BCUT2D eigenvalue weighted by Crippen LogP contribution is -2.69. The van der Waals surface area contributed by atoms with Gasteiger partial charge in [-0.25, -0.2) is 0 Å². The Balaban J connectivity index is 2.48. The fourth-order valence-electron chi connectivity index (χ4n) is 7.60. The van der Waals surface area contributed by atoms with Crippen LogP contribution in [0.15, 0.2) is 77.5 Å². The molecule has 0 unspecified atom stereocenters. The Kier molecular flexibility index (Phi) is 11.0. The topological polar surface area (TPSA) is 0 Å². The maximum absolute atomic E-state index is 2.94. The van der Waals surface area contributed by atoms with Crippen LogP contribution in [-0.4, -0.2) is 8.07 Å². The van der Waals surface area contributed by atoms with Gasteiger partial charge < -0.3 is 0 Å². The molecule has 0 nitrogen and oxygen atoms in total. The minimum atomic E-state index is -2.94. The summed E-state index contributed by atoms with van der Waals surface area (Å²) in [6.07, 6.45) is 8.25. The number of hydrogen-bond acceptors (Lipinski definition) is 0. The second-order valence-electron chi connectivity index (χ2n) is 22.0. The summed E-state index contributed by atoms with van der Waals surface area (Å²) in [4.78, 5) is 0. The molecule has 1 heteroatoms. The summed E-state index contributed by atoms with van der Waals surface area (Å²) < 4.78 is 0. The molecule has 1 aliphatic carbocycles. The van der Waals surface area contributed by atoms with Gasteiger partial charge in [-0.3, -0.25) is 0 Å². The van der Waals surface area contributed by atoms with Crippen LogP contribution in [0.2, 0.25) is 0 Å². The first-order valence-corrected chi connectivity index (χ1v) is 21.9. The molecule has 0 N–H and O–H groups in total. The standard InChI is InChI=1S/C50H74Si/c1-20-22-34-23-21-24-44(34)51(41-28-35(45(2,3)4)25-36(29-41)46(5,6)7,42-30-37(47(8,9)10)26-38(31-42)48(11,12)13)43-32-39(49(14,15)16)27-40(33-43)50(17,18)19/h21,23,25-33H,20,22,24H2,1-19H3. The molecule has 0 radical (unpaired) electrons. The summed E-state index contributed by atoms with van der Waals surface area (Å²) in [5.41, 5.74) is 10.3. The van der Waals surface area contributed by atoms with Crippen LogP contribution in [0.4, 0.5) is 0 Å². The van der Waals surface area contributed by atoms with Crippen LogP contribution in [0.3, 0.4) is 0 Å². The van der Waals surface area contributed by atoms with Gasteiger partial charge in [0.2, 0.25) is 0 Å². The number of hydrogen-bond donors (Lipinski definition) is 0. The van der Waals surface area contributed by atoms with Crippen molar-refractivity contribution in [1.82, 2.24) is 0 Å². The molecule has 0 atom stereocenters. The van der Waals surface area contributed by atoms with Crippen molar-refractivity contribution in [1.29, 1.82) is 0 Å². The van der Waals surface area contributed by atoms with Gasteiger partial charge in [0, 0.05) is 0 Å². The number of benzene rings is 3. The van der Waals surface area contributed by atoms with E-state index in [1.807, 2.05) is 0 Å². The molecule has 278 valence electrons. The van der Waals surface area contributed by atoms with Gasteiger partial charge in [-0.1, -0.05) is 215 Å². The largest absolute Gasteiger partial charge is 0.176 e. The van der Waals surface area contributed by atoms with Crippen LogP contribution in [0, 0.1) is 0 Å². The first-order chi connectivity index (χ1) is 23.0. The van der Waals surface area contributed by atoms with Gasteiger partial charge in [0.1, 0.15) is 0 Å². The highest BCUT2D eigenvalue weighted by Gasteiger charge is 2.47. The highest BCUT2D eigenvalue weighted by Crippen LogP contribution is 2.38. The first kappa shape index (κ1) is 41.1. The quantitative estimate of drug-likeness (QED) is 0.177. The highest BCUT2D eigenvalue weighted by molar-refractivity contribution is 7.16. The summed E-state index contributed by atoms with van der Waals surface area (Å²) in [6, 6.07) is 23.6. The van der Waals surface area contributed by atoms with Crippen LogP contribution in [0.25, 0.3) is 0 Å². The predicted octanol–water partition coefficient (Wildman–Crippen LogP) is 12.5. The summed E-state index contributed by atoms with van der Waals surface area (Å²) in [6.45, 7) is 45.5. The molecule has 4 rings (SSSR count). The highest BCUT2D eigenvalue weighted by atomic mass is 28.3. The molecule has 0 fully saturated rings. The average molecular weight is 703 g/mol. The van der Waals surface area contributed by atoms with Gasteiger partial charge >= 0.3 is 0 Å². The van der Waals surface area contributed by atoms with Crippen molar-refractivity contribution in [2.24, 2.45) is 0 Å². The lowest BCUT2D eigenvalue weighted by Gasteiger charge is -2.41. The number of rotatable bonds is 6. The van der Waals surface area contributed by atoms with Gasteiger partial charge in [0.05, 0.1) is 0 Å². The van der Waals surface area contributed by atoms with E-state index < -0.39 is 8.07 Å². The molecule has 0 saturated carbocycles. The predicted molar refractivity (Wildman–Crippen MR) is 232 cm³/mol. The van der Waals surface area contributed by atoms with Crippen molar-refractivity contribution >= 4 is 23.6 Å². The Hall–Kier alpha value is -2.64. The Morgan fingerprint density at radius 1 is 0.412 bits per heavy atom. The molecule has 3 aromatic carbocycles. The fourth-order valence-corrected chi connectivity index (χ4v) is 13.0. The smallest absolute Gasteiger partial charge is 0.0805 e. The van der Waals surface area contributed by atoms with Crippen LogP contribution in [0.1, 0.15) is 184 Å². The molecular weight excluding hydrogens is 629 g/mol. The third-order valence-corrected chi connectivity index (χ3v) is 16.2. The molecule has 0 spiro atoms. The van der Waals surface area contributed by atoms with Crippen molar-refractivity contribution in [3.63, 3.8) is 0 Å². The Morgan fingerprint density at radius 3 is 0.882 bits per heavy atom. The van der Waals surface area contributed by atoms with E-state index in [4.69, 9.17) is 0 Å². The zero-order chi connectivity index (χ0) is 38.8. The normalized spacial score (nSPS) is 15.3. The molecule has 0 aromatic heterocycles. The molecule has 0 bridgehead atoms. The molecule has 3 aromatic rings. The van der Waals surface area contributed by atoms with Gasteiger partial charge in [-0.2, -0.15) is 0 Å². The first-order valence-electron chi connectivity index (χ1n) is 19.9. The molecule has 0 aliphatic heterocycles. The van der Waals surface area contributed by atoms with Crippen molar-refractivity contribution < 1.29 is 0 Å². The SMILES string of the molecule is CCCC1=C([Si](c2cc(C(C)(C)C)cc(C(C)(C)C)c2)(c2cc(C(C)(C)C)cc(C(C)(C)C)c2)c2cc(C(C)(C)C)cc(C(C)(C)C)c2)CC=C1. The summed E-state index contributed by atoms with van der Waals surface area (Å²) in [5.74, 6) is 0. The van der Waals surface area contributed by atoms with Crippen molar-refractivity contribution in [3.05, 3.63) is 111 Å². The van der Waals surface area contributed by atoms with E-state index in [2.05, 4.69) is 198 Å². The van der Waals surface area contributed by atoms with Gasteiger partial charge in [0.15, 0.2) is 8.07 Å². The van der Waals surface area contributed by atoms with Crippen LogP contribution < -0.4 is 15.6 Å². The van der Waals surface area contributed by atoms with Crippen LogP contribution >= 0.6 is 0 Å². The Morgan fingerprint density at radius 2 is 0.667 bits per heavy atom. The Bertz CT molecular complexity index is 1520. The third kappa shape index (κ3) is 8.61. The molecule has 1 aliphatic rings. The maximum Gasteiger partial charge on any atom is 0.176 e. The lowest BCUT2D eigenvalue weighted by molar-refractivity contribution is 0.569. The molecule has 0 heterocycles. The zero-order valence-corrected chi connectivity index (χ0v) is 37.5. The second kappa shape index (κ2) is 13.6. The van der Waals surface area contributed by atoms with Crippen LogP contribution in [0.5, 0.6) is 0 Å². The monoisotopic (exact) mass is 703 g/mol. The molecule has 0 saturated heterocycles. The fraction of sp³-hybridized carbons (Fsp3) is 0.560. The minimum absolute atomic E-state index is 0.0123. The van der Waals surface area contributed by atoms with Crippen LogP contribution in [-0.2, 0) is 32.5 Å². The van der Waals surface area contributed by atoms with Crippen molar-refractivity contribution in [2.45, 2.75) is 183 Å². The summed E-state index contributed by atoms with van der Waals surface area (Å²) >= 11 is 0. The van der Waals surface area contributed by atoms with Gasteiger partial charge in [-0.15, -0.1) is 0 Å². The summed E-state index contributed by atoms with van der Waals surface area (Å²) in [7, 11) is -2.94. The summed E-state index contributed by atoms with van der Waals surface area (Å²) in [5, 5.41) is 6.32. The van der Waals surface area contributed by atoms with Crippen molar-refractivity contribution in [2.75, 3.05) is 0 Å². The van der Waals surface area contributed by atoms with E-state index in [9.17, 15) is 0 Å². The minimum Gasteiger partial charge on any atom is -0.0805 e. The van der Waals surface area contributed by atoms with E-state index >= 15 is 0 Å². The van der Waals surface area contributed by atoms with E-state index in [0.29, 0.717) is 0 Å². The lowest BCUT2D eigenvalue weighted by atomic mass is 9.80. The second-order valence-corrected chi connectivity index (χ2v) is 25.8. The van der Waals surface area contributed by atoms with E-state index in [0.717, 1.165) is 19.3 Å². The molecule has 0 amide bonds. The Labute approximate surface area is 316 Å². The van der Waals surface area contributed by atoms with E-state index in [1.165, 1.54) is 33.4 Å². The van der Waals surface area contributed by atoms with E-state index in [1.54, 1.807) is 26.3 Å². The molecule has 51 heavy (non-hydrogen) atoms.